The summed E-state index contributed by atoms with van der Waals surface area (Å²) in [6, 6.07) is 0. The number of hydrogen-bond donors (Lipinski definition) is 2. The Morgan fingerprint density at radius 2 is 2.06 bits per heavy atom. The van der Waals surface area contributed by atoms with E-state index in [9.17, 15) is 0 Å². The first-order valence-electron chi connectivity index (χ1n) is 5.78. The first-order valence-corrected chi connectivity index (χ1v) is 7.41. The van der Waals surface area contributed by atoms with Crippen molar-refractivity contribution in [3.05, 3.63) is 0 Å². The van der Waals surface area contributed by atoms with Crippen molar-refractivity contribution in [1.29, 1.82) is 0 Å². The van der Waals surface area contributed by atoms with Gasteiger partial charge < -0.3 is 15.4 Å². The normalized spacial score (nSPS) is 18.4. The minimum Gasteiger partial charge on any atom is -0.383 e. The van der Waals surface area contributed by atoms with E-state index in [0.717, 1.165) is 18.2 Å². The second-order valence-electron chi connectivity index (χ2n) is 4.20. The highest BCUT2D eigenvalue weighted by atomic mass is 32.2. The van der Waals surface area contributed by atoms with Crippen molar-refractivity contribution in [2.45, 2.75) is 30.4 Å². The molecular formula is C11H22N2OS2. The van der Waals surface area contributed by atoms with Gasteiger partial charge in [0.2, 0.25) is 0 Å². The lowest BCUT2D eigenvalue weighted by Gasteiger charge is -2.27. The molecule has 1 aliphatic carbocycles. The van der Waals surface area contributed by atoms with Crippen LogP contribution in [0.1, 0.15) is 25.7 Å². The molecule has 94 valence electrons. The topological polar surface area (TPSA) is 33.3 Å². The van der Waals surface area contributed by atoms with Crippen LogP contribution >= 0.6 is 24.0 Å². The molecular weight excluding hydrogens is 240 g/mol. The fourth-order valence-electron chi connectivity index (χ4n) is 2.04. The smallest absolute Gasteiger partial charge is 0.166 e. The van der Waals surface area contributed by atoms with Gasteiger partial charge in [-0.25, -0.2) is 0 Å². The van der Waals surface area contributed by atoms with E-state index in [1.165, 1.54) is 25.7 Å². The first kappa shape index (κ1) is 14.1. The molecule has 0 aromatic rings. The summed E-state index contributed by atoms with van der Waals surface area (Å²) in [5, 5.41) is 7.20. The van der Waals surface area contributed by atoms with Crippen molar-refractivity contribution in [1.82, 2.24) is 10.6 Å². The third-order valence-corrected chi connectivity index (χ3v) is 4.82. The molecule has 0 aliphatic heterocycles. The van der Waals surface area contributed by atoms with Crippen molar-refractivity contribution in [3.63, 3.8) is 0 Å². The van der Waals surface area contributed by atoms with Crippen LogP contribution in [0.2, 0.25) is 0 Å². The Bertz CT molecular complexity index is 218. The lowest BCUT2D eigenvalue weighted by molar-refractivity contribution is 0.204. The Morgan fingerprint density at radius 3 is 2.62 bits per heavy atom. The highest BCUT2D eigenvalue weighted by molar-refractivity contribution is 8.00. The summed E-state index contributed by atoms with van der Waals surface area (Å²) in [6.07, 6.45) is 7.52. The van der Waals surface area contributed by atoms with Crippen molar-refractivity contribution in [3.8, 4) is 0 Å². The Morgan fingerprint density at radius 1 is 1.38 bits per heavy atom. The summed E-state index contributed by atoms with van der Waals surface area (Å²) in [5.74, 6) is 0. The van der Waals surface area contributed by atoms with Crippen LogP contribution in [0, 0.1) is 0 Å². The summed E-state index contributed by atoms with van der Waals surface area (Å²) in [5.41, 5.74) is 0. The van der Waals surface area contributed by atoms with Crippen LogP contribution in [-0.4, -0.2) is 42.9 Å². The average molecular weight is 262 g/mol. The van der Waals surface area contributed by atoms with Crippen LogP contribution in [0.3, 0.4) is 0 Å². The van der Waals surface area contributed by atoms with Gasteiger partial charge in [-0.2, -0.15) is 11.8 Å². The third-order valence-electron chi connectivity index (χ3n) is 3.11. The van der Waals surface area contributed by atoms with Crippen LogP contribution in [0.25, 0.3) is 0 Å². The Labute approximate surface area is 108 Å². The molecule has 1 fully saturated rings. The second kappa shape index (κ2) is 7.35. The van der Waals surface area contributed by atoms with E-state index in [2.05, 4.69) is 16.9 Å². The van der Waals surface area contributed by atoms with Gasteiger partial charge in [0, 0.05) is 24.9 Å². The monoisotopic (exact) mass is 262 g/mol. The lowest BCUT2D eigenvalue weighted by Crippen LogP contribution is -2.44. The van der Waals surface area contributed by atoms with Crippen molar-refractivity contribution < 1.29 is 4.74 Å². The molecule has 5 heteroatoms. The fourth-order valence-corrected chi connectivity index (χ4v) is 3.13. The molecule has 0 heterocycles. The van der Waals surface area contributed by atoms with E-state index in [-0.39, 0.29) is 0 Å². The van der Waals surface area contributed by atoms with Crippen molar-refractivity contribution in [2.24, 2.45) is 0 Å². The fraction of sp³-hybridized carbons (Fsp3) is 0.909. The molecule has 0 atom stereocenters. The van der Waals surface area contributed by atoms with E-state index < -0.39 is 0 Å². The van der Waals surface area contributed by atoms with Gasteiger partial charge in [0.05, 0.1) is 6.61 Å². The Kier molecular flexibility index (Phi) is 6.46. The molecule has 1 aliphatic rings. The van der Waals surface area contributed by atoms with E-state index in [1.807, 2.05) is 11.8 Å². The maximum atomic E-state index is 5.21. The molecule has 0 unspecified atom stereocenters. The molecule has 0 aromatic carbocycles. The highest BCUT2D eigenvalue weighted by Gasteiger charge is 2.32. The predicted molar refractivity (Wildman–Crippen MR) is 75.2 cm³/mol. The molecule has 0 spiro atoms. The van der Waals surface area contributed by atoms with E-state index >= 15 is 0 Å². The van der Waals surface area contributed by atoms with E-state index in [4.69, 9.17) is 17.0 Å². The minimum absolute atomic E-state index is 0.410. The van der Waals surface area contributed by atoms with Crippen LogP contribution in [0.5, 0.6) is 0 Å². The van der Waals surface area contributed by atoms with Gasteiger partial charge in [0.1, 0.15) is 0 Å². The largest absolute Gasteiger partial charge is 0.383 e. The number of thioether (sulfide) groups is 1. The summed E-state index contributed by atoms with van der Waals surface area (Å²) in [7, 11) is 1.69. The number of ether oxygens (including phenoxy) is 1. The Balaban J connectivity index is 2.19. The number of hydrogen-bond acceptors (Lipinski definition) is 3. The first-order chi connectivity index (χ1) is 7.72. The van der Waals surface area contributed by atoms with Gasteiger partial charge in [-0.3, -0.25) is 0 Å². The van der Waals surface area contributed by atoms with E-state index in [1.54, 1.807) is 7.11 Å². The van der Waals surface area contributed by atoms with Crippen molar-refractivity contribution in [2.75, 3.05) is 33.1 Å². The van der Waals surface area contributed by atoms with E-state index in [0.29, 0.717) is 11.4 Å². The third kappa shape index (κ3) is 4.47. The molecule has 16 heavy (non-hydrogen) atoms. The summed E-state index contributed by atoms with van der Waals surface area (Å²) < 4.78 is 5.37. The van der Waals surface area contributed by atoms with Gasteiger partial charge in [-0.15, -0.1) is 0 Å². The van der Waals surface area contributed by atoms with Gasteiger partial charge in [0.25, 0.3) is 0 Å². The van der Waals surface area contributed by atoms with Gasteiger partial charge in [-0.1, -0.05) is 12.8 Å². The number of methoxy groups -OCH3 is 1. The van der Waals surface area contributed by atoms with Crippen LogP contribution < -0.4 is 10.6 Å². The van der Waals surface area contributed by atoms with Gasteiger partial charge in [0.15, 0.2) is 5.11 Å². The molecule has 1 rings (SSSR count). The number of rotatable bonds is 6. The molecule has 2 N–H and O–H groups in total. The zero-order chi connectivity index (χ0) is 11.9. The Hall–Kier alpha value is 0. The highest BCUT2D eigenvalue weighted by Crippen LogP contribution is 2.39. The molecule has 0 saturated heterocycles. The molecule has 0 bridgehead atoms. The quantitative estimate of drug-likeness (QED) is 0.563. The molecule has 0 aromatic heterocycles. The summed E-state index contributed by atoms with van der Waals surface area (Å²) in [6.45, 7) is 2.44. The molecule has 1 saturated carbocycles. The predicted octanol–water partition coefficient (Wildman–Crippen LogP) is 1.77. The summed E-state index contributed by atoms with van der Waals surface area (Å²) >= 11 is 7.19. The zero-order valence-electron chi connectivity index (χ0n) is 10.2. The number of thiocarbonyl (C=S) groups is 1. The maximum Gasteiger partial charge on any atom is 0.166 e. The van der Waals surface area contributed by atoms with Crippen LogP contribution in [0.4, 0.5) is 0 Å². The van der Waals surface area contributed by atoms with Crippen molar-refractivity contribution >= 4 is 29.1 Å². The van der Waals surface area contributed by atoms with Crippen LogP contribution in [0.15, 0.2) is 0 Å². The second-order valence-corrected chi connectivity index (χ2v) is 5.88. The number of nitrogens with one attached hydrogen (secondary N) is 2. The molecule has 0 radical (unpaired) electrons. The van der Waals surface area contributed by atoms with Gasteiger partial charge >= 0.3 is 0 Å². The van der Waals surface area contributed by atoms with Gasteiger partial charge in [-0.05, 0) is 31.3 Å². The molecule has 3 nitrogen and oxygen atoms in total. The zero-order valence-corrected chi connectivity index (χ0v) is 11.8. The standard InChI is InChI=1S/C11H22N2OS2/c1-14-8-7-12-10(15)13-9-11(16-2)5-3-4-6-11/h3-9H2,1-2H3,(H2,12,13,15). The molecule has 0 amide bonds. The SMILES string of the molecule is COCCNC(=S)NCC1(SC)CCCC1. The average Bonchev–Trinajstić information content (AvgIpc) is 2.76. The lowest BCUT2D eigenvalue weighted by atomic mass is 10.1. The minimum atomic E-state index is 0.410. The van der Waals surface area contributed by atoms with Crippen LogP contribution in [-0.2, 0) is 4.74 Å². The maximum absolute atomic E-state index is 5.21. The summed E-state index contributed by atoms with van der Waals surface area (Å²) in [4.78, 5) is 0.